The number of aliphatic hydroxyl groups excluding tert-OH is 1. The van der Waals surface area contributed by atoms with Crippen molar-refractivity contribution in [2.75, 3.05) is 24.6 Å². The predicted molar refractivity (Wildman–Crippen MR) is 68.6 cm³/mol. The van der Waals surface area contributed by atoms with Gasteiger partial charge in [-0.05, 0) is 53.2 Å². The van der Waals surface area contributed by atoms with Gasteiger partial charge >= 0.3 is 0 Å². The van der Waals surface area contributed by atoms with E-state index in [1.165, 1.54) is 12.8 Å². The minimum absolute atomic E-state index is 0.294. The molecule has 0 aromatic carbocycles. The molecule has 1 N–H and O–H groups in total. The zero-order chi connectivity index (χ0) is 11.4. The van der Waals surface area contributed by atoms with Gasteiger partial charge in [0.2, 0.25) is 0 Å². The maximum Gasteiger partial charge on any atom is 0.142 e. The fraction of sp³-hybridized carbons (Fsp3) is 0.583. The zero-order valence-electron chi connectivity index (χ0n) is 9.27. The zero-order valence-corrected chi connectivity index (χ0v) is 10.9. The van der Waals surface area contributed by atoms with Crippen molar-refractivity contribution >= 4 is 21.7 Å². The van der Waals surface area contributed by atoms with Crippen molar-refractivity contribution in [1.82, 2.24) is 4.98 Å². The summed E-state index contributed by atoms with van der Waals surface area (Å²) in [5.74, 6) is 1.64. The quantitative estimate of drug-likeness (QED) is 0.926. The van der Waals surface area contributed by atoms with Crippen LogP contribution in [0.25, 0.3) is 0 Å². The summed E-state index contributed by atoms with van der Waals surface area (Å²) in [6, 6.07) is 3.96. The number of hydrogen-bond donors (Lipinski definition) is 1. The van der Waals surface area contributed by atoms with Gasteiger partial charge in [-0.1, -0.05) is 0 Å². The highest BCUT2D eigenvalue weighted by atomic mass is 79.9. The Kier molecular flexibility index (Phi) is 4.18. The molecule has 1 unspecified atom stereocenters. The van der Waals surface area contributed by atoms with Crippen LogP contribution in [-0.4, -0.2) is 29.8 Å². The average Bonchev–Trinajstić information content (AvgIpc) is 2.30. The molecule has 4 heteroatoms. The normalized spacial score (nSPS) is 21.1. The van der Waals surface area contributed by atoms with E-state index in [1.54, 1.807) is 0 Å². The number of rotatable bonds is 3. The molecule has 1 aromatic heterocycles. The van der Waals surface area contributed by atoms with Gasteiger partial charge in [0.1, 0.15) is 5.82 Å². The number of pyridine rings is 1. The number of aliphatic hydroxyl groups is 1. The number of halogens is 1. The standard InChI is InChI=1S/C12H17BrN2O/c13-11-4-1-6-14-12(11)15-7-2-3-10(9-15)5-8-16/h1,4,6,10,16H,2-3,5,7-9H2. The molecule has 88 valence electrons. The van der Waals surface area contributed by atoms with Crippen molar-refractivity contribution in [1.29, 1.82) is 0 Å². The molecule has 0 aliphatic carbocycles. The van der Waals surface area contributed by atoms with Crippen molar-refractivity contribution in [2.24, 2.45) is 5.92 Å². The number of anilines is 1. The third kappa shape index (κ3) is 2.74. The largest absolute Gasteiger partial charge is 0.396 e. The van der Waals surface area contributed by atoms with Crippen molar-refractivity contribution < 1.29 is 5.11 Å². The molecular weight excluding hydrogens is 268 g/mol. The maximum atomic E-state index is 8.99. The summed E-state index contributed by atoms with van der Waals surface area (Å²) >= 11 is 3.54. The summed E-state index contributed by atoms with van der Waals surface area (Å²) in [6.45, 7) is 2.37. The van der Waals surface area contributed by atoms with Crippen LogP contribution in [0.15, 0.2) is 22.8 Å². The number of aromatic nitrogens is 1. The second-order valence-electron chi connectivity index (χ2n) is 4.28. The van der Waals surface area contributed by atoms with E-state index < -0.39 is 0 Å². The summed E-state index contributed by atoms with van der Waals surface area (Å²) in [6.07, 6.45) is 5.14. The van der Waals surface area contributed by atoms with E-state index in [9.17, 15) is 0 Å². The summed E-state index contributed by atoms with van der Waals surface area (Å²) in [7, 11) is 0. The van der Waals surface area contributed by atoms with Crippen LogP contribution < -0.4 is 4.90 Å². The van der Waals surface area contributed by atoms with Gasteiger partial charge in [-0.2, -0.15) is 0 Å². The highest BCUT2D eigenvalue weighted by Crippen LogP contribution is 2.28. The number of nitrogens with zero attached hydrogens (tertiary/aromatic N) is 2. The highest BCUT2D eigenvalue weighted by Gasteiger charge is 2.21. The molecule has 0 radical (unpaired) electrons. The Morgan fingerprint density at radius 3 is 3.19 bits per heavy atom. The van der Waals surface area contributed by atoms with Crippen molar-refractivity contribution in [3.63, 3.8) is 0 Å². The first-order chi connectivity index (χ1) is 7.81. The molecule has 3 nitrogen and oxygen atoms in total. The van der Waals surface area contributed by atoms with E-state index in [2.05, 4.69) is 25.8 Å². The van der Waals surface area contributed by atoms with Gasteiger partial charge in [-0.3, -0.25) is 0 Å². The lowest BCUT2D eigenvalue weighted by Crippen LogP contribution is -2.36. The van der Waals surface area contributed by atoms with Crippen LogP contribution in [0, 0.1) is 5.92 Å². The van der Waals surface area contributed by atoms with E-state index in [4.69, 9.17) is 5.11 Å². The third-order valence-corrected chi connectivity index (χ3v) is 3.71. The average molecular weight is 285 g/mol. The van der Waals surface area contributed by atoms with Crippen LogP contribution in [0.2, 0.25) is 0 Å². The Hall–Kier alpha value is -0.610. The lowest BCUT2D eigenvalue weighted by molar-refractivity contribution is 0.244. The van der Waals surface area contributed by atoms with Gasteiger partial charge < -0.3 is 10.0 Å². The second-order valence-corrected chi connectivity index (χ2v) is 5.13. The highest BCUT2D eigenvalue weighted by molar-refractivity contribution is 9.10. The molecule has 1 saturated heterocycles. The van der Waals surface area contributed by atoms with Gasteiger partial charge in [-0.15, -0.1) is 0 Å². The summed E-state index contributed by atoms with van der Waals surface area (Å²) in [5.41, 5.74) is 0. The molecule has 0 bridgehead atoms. The van der Waals surface area contributed by atoms with Gasteiger partial charge in [0.05, 0.1) is 4.47 Å². The minimum Gasteiger partial charge on any atom is -0.396 e. The smallest absolute Gasteiger partial charge is 0.142 e. The molecule has 1 aliphatic rings. The van der Waals surface area contributed by atoms with Crippen molar-refractivity contribution in [2.45, 2.75) is 19.3 Å². The molecular formula is C12H17BrN2O. The Bertz CT molecular complexity index is 344. The summed E-state index contributed by atoms with van der Waals surface area (Å²) < 4.78 is 1.06. The van der Waals surface area contributed by atoms with Crippen LogP contribution in [-0.2, 0) is 0 Å². The first kappa shape index (κ1) is 11.9. The van der Waals surface area contributed by atoms with E-state index in [0.29, 0.717) is 12.5 Å². The Morgan fingerprint density at radius 1 is 1.56 bits per heavy atom. The lowest BCUT2D eigenvalue weighted by atomic mass is 9.95. The van der Waals surface area contributed by atoms with E-state index in [0.717, 1.165) is 29.8 Å². The van der Waals surface area contributed by atoms with Crippen LogP contribution in [0.3, 0.4) is 0 Å². The number of hydrogen-bond acceptors (Lipinski definition) is 3. The summed E-state index contributed by atoms with van der Waals surface area (Å²) in [5, 5.41) is 8.99. The van der Waals surface area contributed by atoms with E-state index in [1.807, 2.05) is 18.3 Å². The van der Waals surface area contributed by atoms with Gasteiger partial charge in [0.15, 0.2) is 0 Å². The summed E-state index contributed by atoms with van der Waals surface area (Å²) in [4.78, 5) is 6.73. The van der Waals surface area contributed by atoms with Gasteiger partial charge in [-0.25, -0.2) is 4.98 Å². The molecule has 1 atom stereocenters. The molecule has 1 aromatic rings. The predicted octanol–water partition coefficient (Wildman–Crippen LogP) is 2.44. The fourth-order valence-electron chi connectivity index (χ4n) is 2.29. The molecule has 0 spiro atoms. The van der Waals surface area contributed by atoms with Crippen molar-refractivity contribution in [3.05, 3.63) is 22.8 Å². The Morgan fingerprint density at radius 2 is 2.44 bits per heavy atom. The van der Waals surface area contributed by atoms with Crippen LogP contribution in [0.4, 0.5) is 5.82 Å². The first-order valence-corrected chi connectivity index (χ1v) is 6.57. The molecule has 2 heterocycles. The van der Waals surface area contributed by atoms with Crippen LogP contribution >= 0.6 is 15.9 Å². The molecule has 0 saturated carbocycles. The lowest BCUT2D eigenvalue weighted by Gasteiger charge is -2.33. The van der Waals surface area contributed by atoms with Crippen molar-refractivity contribution in [3.8, 4) is 0 Å². The molecule has 0 amide bonds. The fourth-order valence-corrected chi connectivity index (χ4v) is 2.79. The van der Waals surface area contributed by atoms with E-state index in [-0.39, 0.29) is 0 Å². The first-order valence-electron chi connectivity index (χ1n) is 5.77. The van der Waals surface area contributed by atoms with Gasteiger partial charge in [0, 0.05) is 25.9 Å². The second kappa shape index (κ2) is 5.64. The van der Waals surface area contributed by atoms with Crippen LogP contribution in [0.5, 0.6) is 0 Å². The number of piperidine rings is 1. The Labute approximate surface area is 105 Å². The minimum atomic E-state index is 0.294. The molecule has 2 rings (SSSR count). The Balaban J connectivity index is 2.07. The van der Waals surface area contributed by atoms with Crippen LogP contribution in [0.1, 0.15) is 19.3 Å². The maximum absolute atomic E-state index is 8.99. The topological polar surface area (TPSA) is 36.4 Å². The molecule has 1 fully saturated rings. The molecule has 16 heavy (non-hydrogen) atoms. The molecule has 1 aliphatic heterocycles. The van der Waals surface area contributed by atoms with E-state index >= 15 is 0 Å². The van der Waals surface area contributed by atoms with Gasteiger partial charge in [0.25, 0.3) is 0 Å². The SMILES string of the molecule is OCCC1CCCN(c2ncccc2Br)C1. The monoisotopic (exact) mass is 284 g/mol. The third-order valence-electron chi connectivity index (χ3n) is 3.09.